The van der Waals surface area contributed by atoms with Gasteiger partial charge in [0.2, 0.25) is 0 Å². The quantitative estimate of drug-likeness (QED) is 0.244. The average molecular weight is 480 g/mol. The maximum absolute atomic E-state index is 6.59. The van der Waals surface area contributed by atoms with Crippen molar-refractivity contribution in [2.24, 2.45) is 0 Å². The van der Waals surface area contributed by atoms with Crippen molar-refractivity contribution in [3.05, 3.63) is 84.6 Å². The van der Waals surface area contributed by atoms with Crippen LogP contribution in [0.1, 0.15) is 25.3 Å². The summed E-state index contributed by atoms with van der Waals surface area (Å²) >= 11 is -1.84. The van der Waals surface area contributed by atoms with Crippen LogP contribution in [0, 0.1) is 0 Å². The van der Waals surface area contributed by atoms with E-state index in [4.69, 9.17) is 4.42 Å². The van der Waals surface area contributed by atoms with Crippen LogP contribution in [0.3, 0.4) is 0 Å². The van der Waals surface area contributed by atoms with Crippen molar-refractivity contribution in [2.45, 2.75) is 37.0 Å². The van der Waals surface area contributed by atoms with E-state index < -0.39 is 13.3 Å². The van der Waals surface area contributed by atoms with E-state index in [0.717, 1.165) is 38.8 Å². The van der Waals surface area contributed by atoms with Gasteiger partial charge in [-0.1, -0.05) is 13.8 Å². The van der Waals surface area contributed by atoms with Crippen LogP contribution >= 0.6 is 0 Å². The van der Waals surface area contributed by atoms with Gasteiger partial charge in [0.1, 0.15) is 0 Å². The van der Waals surface area contributed by atoms with Crippen molar-refractivity contribution in [1.82, 2.24) is 4.98 Å². The molecule has 160 valence electrons. The predicted molar refractivity (Wildman–Crippen MR) is 139 cm³/mol. The number of benzene rings is 3. The SMILES string of the molecule is CC(C)c1ccnc(-c2cccc3c2oc2c(-c4cc[c]([Ge]([CH3])([CH3])[CH3])cc4)cccc23)c1. The van der Waals surface area contributed by atoms with Crippen LogP contribution in [0.5, 0.6) is 0 Å². The zero-order valence-corrected chi connectivity index (χ0v) is 21.5. The summed E-state index contributed by atoms with van der Waals surface area (Å²) in [4.78, 5) is 4.67. The van der Waals surface area contributed by atoms with Gasteiger partial charge in [0.05, 0.1) is 0 Å². The Kier molecular flexibility index (Phi) is 5.21. The van der Waals surface area contributed by atoms with Gasteiger partial charge in [-0.3, -0.25) is 0 Å². The maximum atomic E-state index is 6.59. The summed E-state index contributed by atoms with van der Waals surface area (Å²) in [6.45, 7) is 4.42. The summed E-state index contributed by atoms with van der Waals surface area (Å²) in [7, 11) is 0. The third-order valence-electron chi connectivity index (χ3n) is 6.31. The Labute approximate surface area is 192 Å². The number of furan rings is 1. The van der Waals surface area contributed by atoms with E-state index in [1.165, 1.54) is 15.5 Å². The van der Waals surface area contributed by atoms with Gasteiger partial charge in [0.15, 0.2) is 0 Å². The first kappa shape index (κ1) is 21.0. The van der Waals surface area contributed by atoms with Crippen molar-refractivity contribution in [3.63, 3.8) is 0 Å². The normalized spacial score (nSPS) is 12.2. The number of hydrogen-bond acceptors (Lipinski definition) is 2. The van der Waals surface area contributed by atoms with Gasteiger partial charge in [0.25, 0.3) is 0 Å². The monoisotopic (exact) mass is 481 g/mol. The number of fused-ring (bicyclic) bond motifs is 3. The Bertz CT molecular complexity index is 1420. The van der Waals surface area contributed by atoms with Crippen LogP contribution in [0.4, 0.5) is 0 Å². The summed E-state index contributed by atoms with van der Waals surface area (Å²) in [6, 6.07) is 26.2. The minimum atomic E-state index is -1.84. The second-order valence-electron chi connectivity index (χ2n) is 9.92. The third-order valence-corrected chi connectivity index (χ3v) is 10.6. The second kappa shape index (κ2) is 7.93. The Morgan fingerprint density at radius 1 is 0.750 bits per heavy atom. The molecule has 0 fully saturated rings. The van der Waals surface area contributed by atoms with Gasteiger partial charge in [-0.05, 0) is 12.0 Å². The van der Waals surface area contributed by atoms with Crippen molar-refractivity contribution < 1.29 is 4.42 Å². The first-order valence-electron chi connectivity index (χ1n) is 11.3. The van der Waals surface area contributed by atoms with Crippen molar-refractivity contribution >= 4 is 39.6 Å². The average Bonchev–Trinajstić information content (AvgIpc) is 3.17. The molecule has 0 aliphatic carbocycles. The molecule has 0 aliphatic heterocycles. The molecule has 5 aromatic rings. The van der Waals surface area contributed by atoms with Gasteiger partial charge in [-0.25, -0.2) is 0 Å². The molecular weight excluding hydrogens is 451 g/mol. The fraction of sp³-hybridized carbons (Fsp3) is 0.207. The van der Waals surface area contributed by atoms with Crippen molar-refractivity contribution in [2.75, 3.05) is 0 Å². The number of para-hydroxylation sites is 2. The number of rotatable bonds is 4. The van der Waals surface area contributed by atoms with E-state index in [1.807, 2.05) is 6.20 Å². The molecule has 2 aromatic heterocycles. The first-order valence-corrected chi connectivity index (χ1v) is 18.7. The molecule has 0 radical (unpaired) electrons. The van der Waals surface area contributed by atoms with Crippen LogP contribution in [-0.4, -0.2) is 18.3 Å². The Hall–Kier alpha value is -2.85. The summed E-state index contributed by atoms with van der Waals surface area (Å²) in [6.07, 6.45) is 1.90. The van der Waals surface area contributed by atoms with Gasteiger partial charge in [0, 0.05) is 0 Å². The molecule has 0 saturated heterocycles. The molecule has 0 bridgehead atoms. The van der Waals surface area contributed by atoms with Gasteiger partial charge < -0.3 is 0 Å². The molecule has 0 N–H and O–H groups in total. The van der Waals surface area contributed by atoms with E-state index >= 15 is 0 Å². The van der Waals surface area contributed by atoms with Gasteiger partial charge in [-0.15, -0.1) is 0 Å². The summed E-state index contributed by atoms with van der Waals surface area (Å²) in [5.41, 5.74) is 7.48. The number of pyridine rings is 1. The molecule has 0 unspecified atom stereocenters. The predicted octanol–water partition coefficient (Wildman–Crippen LogP) is 7.98. The summed E-state index contributed by atoms with van der Waals surface area (Å²) < 4.78 is 8.11. The van der Waals surface area contributed by atoms with E-state index in [-0.39, 0.29) is 0 Å². The summed E-state index contributed by atoms with van der Waals surface area (Å²) in [5, 5.41) is 2.29. The molecule has 0 aliphatic rings. The van der Waals surface area contributed by atoms with E-state index in [0.29, 0.717) is 5.92 Å². The zero-order valence-electron chi connectivity index (χ0n) is 19.4. The van der Waals surface area contributed by atoms with Gasteiger partial charge >= 0.3 is 167 Å². The molecule has 5 rings (SSSR count). The molecule has 32 heavy (non-hydrogen) atoms. The Morgan fingerprint density at radius 2 is 1.38 bits per heavy atom. The van der Waals surface area contributed by atoms with Crippen LogP contribution in [0.2, 0.25) is 17.3 Å². The molecule has 2 nitrogen and oxygen atoms in total. The van der Waals surface area contributed by atoms with Crippen molar-refractivity contribution in [3.8, 4) is 22.4 Å². The van der Waals surface area contributed by atoms with Crippen LogP contribution in [-0.2, 0) is 0 Å². The fourth-order valence-corrected chi connectivity index (χ4v) is 6.80. The van der Waals surface area contributed by atoms with Crippen LogP contribution in [0.25, 0.3) is 44.3 Å². The van der Waals surface area contributed by atoms with Crippen molar-refractivity contribution in [1.29, 1.82) is 0 Å². The molecule has 0 atom stereocenters. The topological polar surface area (TPSA) is 26.0 Å². The van der Waals surface area contributed by atoms with E-state index in [1.54, 1.807) is 0 Å². The molecule has 3 heteroatoms. The minimum absolute atomic E-state index is 0.457. The third kappa shape index (κ3) is 3.67. The zero-order chi connectivity index (χ0) is 22.5. The Balaban J connectivity index is 1.70. The van der Waals surface area contributed by atoms with Crippen LogP contribution in [0.15, 0.2) is 83.4 Å². The molecule has 3 aromatic carbocycles. The van der Waals surface area contributed by atoms with E-state index in [2.05, 4.69) is 109 Å². The molecule has 2 heterocycles. The van der Waals surface area contributed by atoms with E-state index in [9.17, 15) is 0 Å². The molecule has 0 saturated carbocycles. The Morgan fingerprint density at radius 3 is 2.00 bits per heavy atom. The van der Waals surface area contributed by atoms with Gasteiger partial charge in [-0.2, -0.15) is 0 Å². The molecule has 0 spiro atoms. The number of hydrogen-bond donors (Lipinski definition) is 0. The fourth-order valence-electron chi connectivity index (χ4n) is 4.35. The first-order chi connectivity index (χ1) is 15.3. The molecular formula is C29H29GeNO. The second-order valence-corrected chi connectivity index (χ2v) is 20.6. The number of nitrogens with zero attached hydrogens (tertiary/aromatic N) is 1. The summed E-state index contributed by atoms with van der Waals surface area (Å²) in [5.74, 6) is 7.75. The van der Waals surface area contributed by atoms with Crippen LogP contribution < -0.4 is 4.40 Å². The molecule has 0 amide bonds. The standard InChI is InChI=1S/C29H29GeNO/c1-19(2)21-16-17-31-27(18-21)26-11-7-10-25-24-9-6-8-23(28(24)32-29(25)26)20-12-14-22(15-13-20)30(3,4)5/h6-19H,1-5H3. The number of aromatic nitrogens is 1.